The van der Waals surface area contributed by atoms with E-state index in [1.807, 2.05) is 30.3 Å². The molecule has 3 aromatic rings. The Bertz CT molecular complexity index is 764. The Labute approximate surface area is 118 Å². The lowest BCUT2D eigenvalue weighted by atomic mass is 10.2. The molecular formula is C14H10N2O3S. The molecule has 1 aromatic carbocycles. The van der Waals surface area contributed by atoms with Crippen molar-refractivity contribution in [1.29, 1.82) is 0 Å². The van der Waals surface area contributed by atoms with Crippen LogP contribution in [0.2, 0.25) is 0 Å². The van der Waals surface area contributed by atoms with Crippen LogP contribution in [0.15, 0.2) is 41.9 Å². The lowest BCUT2D eigenvalue weighted by Gasteiger charge is -2.07. The van der Waals surface area contributed by atoms with Crippen LogP contribution in [0.4, 0.5) is 0 Å². The van der Waals surface area contributed by atoms with Crippen molar-refractivity contribution < 1.29 is 14.6 Å². The zero-order valence-corrected chi connectivity index (χ0v) is 11.1. The number of ether oxygens (including phenoxy) is 1. The zero-order valence-electron chi connectivity index (χ0n) is 10.3. The first-order valence-corrected chi connectivity index (χ1v) is 6.76. The number of carboxylic acid groups (broad SMARTS) is 1. The van der Waals surface area contributed by atoms with Gasteiger partial charge < -0.3 is 9.84 Å². The first kappa shape index (κ1) is 12.6. The number of thiazole rings is 1. The fourth-order valence-electron chi connectivity index (χ4n) is 1.82. The highest BCUT2D eigenvalue weighted by molar-refractivity contribution is 7.11. The van der Waals surface area contributed by atoms with Crippen LogP contribution >= 0.6 is 11.3 Å². The molecular weight excluding hydrogens is 276 g/mol. The first-order valence-electron chi connectivity index (χ1n) is 5.88. The Morgan fingerprint density at radius 1 is 1.30 bits per heavy atom. The SMILES string of the molecule is O=C(O)c1nc(COc2cccc3ncccc23)cs1. The number of aromatic carboxylic acids is 1. The van der Waals surface area contributed by atoms with E-state index in [1.54, 1.807) is 11.6 Å². The van der Waals surface area contributed by atoms with Gasteiger partial charge in [0, 0.05) is 17.0 Å². The molecule has 0 saturated heterocycles. The van der Waals surface area contributed by atoms with Gasteiger partial charge in [-0.1, -0.05) is 6.07 Å². The number of hydrogen-bond donors (Lipinski definition) is 1. The van der Waals surface area contributed by atoms with Crippen LogP contribution in [0.1, 0.15) is 15.5 Å². The highest BCUT2D eigenvalue weighted by Gasteiger charge is 2.10. The van der Waals surface area contributed by atoms with Crippen LogP contribution in [0.3, 0.4) is 0 Å². The second-order valence-electron chi connectivity index (χ2n) is 4.06. The van der Waals surface area contributed by atoms with Crippen molar-refractivity contribution in [3.63, 3.8) is 0 Å². The number of aromatic nitrogens is 2. The standard InChI is InChI=1S/C14H10N2O3S/c17-14(18)13-16-9(8-20-13)7-19-12-5-1-4-11-10(12)3-2-6-15-11/h1-6,8H,7H2,(H,17,18). The van der Waals surface area contributed by atoms with Crippen molar-refractivity contribution in [3.8, 4) is 5.75 Å². The zero-order chi connectivity index (χ0) is 13.9. The largest absolute Gasteiger partial charge is 0.487 e. The van der Waals surface area contributed by atoms with Crippen molar-refractivity contribution in [3.05, 3.63) is 52.6 Å². The minimum absolute atomic E-state index is 0.0724. The number of pyridine rings is 1. The monoisotopic (exact) mass is 286 g/mol. The minimum atomic E-state index is -1.02. The maximum absolute atomic E-state index is 10.8. The van der Waals surface area contributed by atoms with Crippen LogP contribution < -0.4 is 4.74 Å². The molecule has 100 valence electrons. The van der Waals surface area contributed by atoms with Crippen molar-refractivity contribution >= 4 is 28.2 Å². The molecule has 0 bridgehead atoms. The maximum Gasteiger partial charge on any atom is 0.365 e. The molecule has 0 aliphatic heterocycles. The molecule has 1 N–H and O–H groups in total. The third-order valence-electron chi connectivity index (χ3n) is 2.72. The van der Waals surface area contributed by atoms with Crippen molar-refractivity contribution in [1.82, 2.24) is 9.97 Å². The summed E-state index contributed by atoms with van der Waals surface area (Å²) in [5.74, 6) is -0.309. The number of fused-ring (bicyclic) bond motifs is 1. The summed E-state index contributed by atoms with van der Waals surface area (Å²) in [7, 11) is 0. The highest BCUT2D eigenvalue weighted by atomic mass is 32.1. The van der Waals surface area contributed by atoms with E-state index in [1.165, 1.54) is 0 Å². The van der Waals surface area contributed by atoms with Crippen LogP contribution in [0, 0.1) is 0 Å². The fourth-order valence-corrected chi connectivity index (χ4v) is 2.46. The number of hydrogen-bond acceptors (Lipinski definition) is 5. The topological polar surface area (TPSA) is 72.3 Å². The van der Waals surface area contributed by atoms with E-state index in [4.69, 9.17) is 9.84 Å². The van der Waals surface area contributed by atoms with Crippen LogP contribution in [0.5, 0.6) is 5.75 Å². The molecule has 2 aromatic heterocycles. The van der Waals surface area contributed by atoms with Gasteiger partial charge in [-0.05, 0) is 24.3 Å². The summed E-state index contributed by atoms with van der Waals surface area (Å²) in [5, 5.41) is 11.5. The molecule has 20 heavy (non-hydrogen) atoms. The molecule has 6 heteroatoms. The average molecular weight is 286 g/mol. The number of benzene rings is 1. The second kappa shape index (κ2) is 5.26. The van der Waals surface area contributed by atoms with E-state index in [9.17, 15) is 4.79 Å². The van der Waals surface area contributed by atoms with Gasteiger partial charge in [-0.25, -0.2) is 9.78 Å². The van der Waals surface area contributed by atoms with E-state index in [0.717, 1.165) is 22.2 Å². The van der Waals surface area contributed by atoms with Crippen LogP contribution in [-0.2, 0) is 6.61 Å². The average Bonchev–Trinajstić information content (AvgIpc) is 2.94. The predicted molar refractivity (Wildman–Crippen MR) is 75.1 cm³/mol. The number of carbonyl (C=O) groups is 1. The predicted octanol–water partition coefficient (Wildman–Crippen LogP) is 2.97. The smallest absolute Gasteiger partial charge is 0.365 e. The molecule has 0 aliphatic carbocycles. The molecule has 0 radical (unpaired) electrons. The van der Waals surface area contributed by atoms with E-state index in [-0.39, 0.29) is 11.6 Å². The maximum atomic E-state index is 10.8. The summed E-state index contributed by atoms with van der Waals surface area (Å²) < 4.78 is 5.71. The van der Waals surface area contributed by atoms with Gasteiger partial charge in [0.05, 0.1) is 11.2 Å². The van der Waals surface area contributed by atoms with Gasteiger partial charge in [-0.2, -0.15) is 0 Å². The molecule has 0 amide bonds. The van der Waals surface area contributed by atoms with E-state index in [0.29, 0.717) is 11.4 Å². The molecule has 0 spiro atoms. The van der Waals surface area contributed by atoms with Gasteiger partial charge in [-0.3, -0.25) is 4.98 Å². The lowest BCUT2D eigenvalue weighted by molar-refractivity contribution is 0.0696. The summed E-state index contributed by atoms with van der Waals surface area (Å²) in [6.07, 6.45) is 1.73. The van der Waals surface area contributed by atoms with E-state index < -0.39 is 5.97 Å². The third kappa shape index (κ3) is 2.46. The van der Waals surface area contributed by atoms with Crippen molar-refractivity contribution in [2.45, 2.75) is 6.61 Å². The molecule has 0 atom stereocenters. The molecule has 2 heterocycles. The van der Waals surface area contributed by atoms with E-state index in [2.05, 4.69) is 9.97 Å². The third-order valence-corrected chi connectivity index (χ3v) is 3.60. The molecule has 3 rings (SSSR count). The Balaban J connectivity index is 1.81. The minimum Gasteiger partial charge on any atom is -0.487 e. The van der Waals surface area contributed by atoms with Crippen molar-refractivity contribution in [2.75, 3.05) is 0 Å². The van der Waals surface area contributed by atoms with Gasteiger partial charge in [-0.15, -0.1) is 11.3 Å². The highest BCUT2D eigenvalue weighted by Crippen LogP contribution is 2.24. The number of rotatable bonds is 4. The Kier molecular flexibility index (Phi) is 3.30. The fraction of sp³-hybridized carbons (Fsp3) is 0.0714. The van der Waals surface area contributed by atoms with E-state index >= 15 is 0 Å². The number of carboxylic acids is 1. The summed E-state index contributed by atoms with van der Waals surface area (Å²) in [6, 6.07) is 9.42. The molecule has 0 unspecified atom stereocenters. The Hall–Kier alpha value is -2.47. The first-order chi connectivity index (χ1) is 9.74. The second-order valence-corrected chi connectivity index (χ2v) is 4.92. The van der Waals surface area contributed by atoms with Crippen LogP contribution in [0.25, 0.3) is 10.9 Å². The molecule has 5 nitrogen and oxygen atoms in total. The lowest BCUT2D eigenvalue weighted by Crippen LogP contribution is -1.99. The number of nitrogens with zero attached hydrogens (tertiary/aromatic N) is 2. The normalized spacial score (nSPS) is 10.6. The molecule has 0 saturated carbocycles. The molecule has 0 fully saturated rings. The Morgan fingerprint density at radius 2 is 2.20 bits per heavy atom. The quantitative estimate of drug-likeness (QED) is 0.798. The van der Waals surface area contributed by atoms with Gasteiger partial charge in [0.2, 0.25) is 5.01 Å². The summed E-state index contributed by atoms with van der Waals surface area (Å²) in [4.78, 5) is 19.0. The van der Waals surface area contributed by atoms with Crippen molar-refractivity contribution in [2.24, 2.45) is 0 Å². The summed E-state index contributed by atoms with van der Waals surface area (Å²) in [5.41, 5.74) is 1.46. The Morgan fingerprint density at radius 3 is 3.00 bits per heavy atom. The van der Waals surface area contributed by atoms with Gasteiger partial charge >= 0.3 is 5.97 Å². The van der Waals surface area contributed by atoms with Gasteiger partial charge in [0.15, 0.2) is 0 Å². The summed E-state index contributed by atoms with van der Waals surface area (Å²) in [6.45, 7) is 0.234. The van der Waals surface area contributed by atoms with Gasteiger partial charge in [0.25, 0.3) is 0 Å². The molecule has 0 aliphatic rings. The van der Waals surface area contributed by atoms with Gasteiger partial charge in [0.1, 0.15) is 12.4 Å². The van der Waals surface area contributed by atoms with Crippen LogP contribution in [-0.4, -0.2) is 21.0 Å². The summed E-state index contributed by atoms with van der Waals surface area (Å²) >= 11 is 1.09.